The number of nitrogens with one attached hydrogen (secondary N) is 1. The molecule has 0 bridgehead atoms. The number of nitrogens with zero attached hydrogens (tertiary/aromatic N) is 2. The van der Waals surface area contributed by atoms with Gasteiger partial charge in [0.2, 0.25) is 0 Å². The van der Waals surface area contributed by atoms with Gasteiger partial charge >= 0.3 is 0 Å². The van der Waals surface area contributed by atoms with E-state index >= 15 is 0 Å². The van der Waals surface area contributed by atoms with Gasteiger partial charge in [0, 0.05) is 25.2 Å². The summed E-state index contributed by atoms with van der Waals surface area (Å²) in [6.45, 7) is 2.03. The van der Waals surface area contributed by atoms with Crippen LogP contribution in [0.4, 0.5) is 0 Å². The summed E-state index contributed by atoms with van der Waals surface area (Å²) in [6.07, 6.45) is 8.26. The van der Waals surface area contributed by atoms with Crippen LogP contribution in [-0.2, 0) is 12.8 Å². The molecule has 0 amide bonds. The summed E-state index contributed by atoms with van der Waals surface area (Å²) >= 11 is 0. The van der Waals surface area contributed by atoms with Crippen LogP contribution < -0.4 is 5.56 Å². The molecule has 1 aliphatic rings. The van der Waals surface area contributed by atoms with Crippen molar-refractivity contribution in [2.45, 2.75) is 39.0 Å². The van der Waals surface area contributed by atoms with E-state index in [9.17, 15) is 9.90 Å². The van der Waals surface area contributed by atoms with E-state index in [4.69, 9.17) is 0 Å². The molecule has 5 heteroatoms. The van der Waals surface area contributed by atoms with Crippen molar-refractivity contribution in [3.63, 3.8) is 0 Å². The summed E-state index contributed by atoms with van der Waals surface area (Å²) in [5.74, 6) is 1.28. The Morgan fingerprint density at radius 2 is 1.96 bits per heavy atom. The fourth-order valence-corrected chi connectivity index (χ4v) is 3.36. The number of aromatic amines is 1. The molecule has 138 valence electrons. The Bertz CT molecular complexity index is 1000. The highest BCUT2D eigenvalue weighted by Gasteiger charge is 2.21. The number of aromatic hydroxyl groups is 1. The third-order valence-electron chi connectivity index (χ3n) is 5.20. The Hall–Kier alpha value is -2.95. The first-order valence-corrected chi connectivity index (χ1v) is 9.41. The standard InChI is InChI=1S/C22H23N3O2/c1-14-13-23-11-10-18(14)17-7-4-16(5-8-17)12-19-21(26)24-20(25-22(19)27)9-6-15-2-3-15/h4-5,7-8,10-11,13,15H,2-3,6,9,12H2,1H3,(H2,24,25,26,27). The van der Waals surface area contributed by atoms with Crippen molar-refractivity contribution in [3.05, 3.63) is 75.6 Å². The Labute approximate surface area is 158 Å². The molecule has 0 radical (unpaired) electrons. The molecule has 2 heterocycles. The lowest BCUT2D eigenvalue weighted by Crippen LogP contribution is -2.17. The number of hydrogen-bond acceptors (Lipinski definition) is 4. The van der Waals surface area contributed by atoms with Crippen molar-refractivity contribution in [1.82, 2.24) is 15.0 Å². The zero-order chi connectivity index (χ0) is 18.8. The van der Waals surface area contributed by atoms with E-state index in [1.165, 1.54) is 12.8 Å². The number of benzene rings is 1. The highest BCUT2D eigenvalue weighted by Crippen LogP contribution is 2.33. The zero-order valence-electron chi connectivity index (χ0n) is 15.4. The number of aromatic nitrogens is 3. The summed E-state index contributed by atoms with van der Waals surface area (Å²) in [5.41, 5.74) is 4.29. The molecule has 1 saturated carbocycles. The van der Waals surface area contributed by atoms with Crippen molar-refractivity contribution in [3.8, 4) is 17.0 Å². The maximum absolute atomic E-state index is 12.4. The van der Waals surface area contributed by atoms with Crippen LogP contribution in [0.25, 0.3) is 11.1 Å². The number of hydrogen-bond donors (Lipinski definition) is 2. The fourth-order valence-electron chi connectivity index (χ4n) is 3.36. The van der Waals surface area contributed by atoms with E-state index in [2.05, 4.69) is 15.0 Å². The van der Waals surface area contributed by atoms with E-state index in [1.54, 1.807) is 6.20 Å². The van der Waals surface area contributed by atoms with Gasteiger partial charge in [0.05, 0.1) is 5.56 Å². The van der Waals surface area contributed by atoms with Gasteiger partial charge in [-0.05, 0) is 47.6 Å². The van der Waals surface area contributed by atoms with Gasteiger partial charge in [-0.2, -0.15) is 4.98 Å². The normalized spacial score (nSPS) is 13.7. The smallest absolute Gasteiger partial charge is 0.280 e. The Morgan fingerprint density at radius 3 is 2.63 bits per heavy atom. The number of rotatable bonds is 6. The quantitative estimate of drug-likeness (QED) is 0.700. The molecule has 2 N–H and O–H groups in total. The largest absolute Gasteiger partial charge is 0.494 e. The molecule has 5 nitrogen and oxygen atoms in total. The molecular weight excluding hydrogens is 338 g/mol. The van der Waals surface area contributed by atoms with Gasteiger partial charge in [0.25, 0.3) is 5.56 Å². The molecule has 0 unspecified atom stereocenters. The molecule has 4 rings (SSSR count). The van der Waals surface area contributed by atoms with E-state index in [0.29, 0.717) is 24.2 Å². The summed E-state index contributed by atoms with van der Waals surface area (Å²) in [7, 11) is 0. The SMILES string of the molecule is Cc1cnccc1-c1ccc(Cc2c(O)[nH]c(CCC3CC3)nc2=O)cc1. The third kappa shape index (κ3) is 4.08. The number of H-pyrrole nitrogens is 1. The summed E-state index contributed by atoms with van der Waals surface area (Å²) in [5, 5.41) is 10.3. The highest BCUT2D eigenvalue weighted by atomic mass is 16.3. The van der Waals surface area contributed by atoms with Gasteiger partial charge in [-0.3, -0.25) is 9.78 Å². The average Bonchev–Trinajstić information content (AvgIpc) is 3.49. The van der Waals surface area contributed by atoms with Gasteiger partial charge < -0.3 is 10.1 Å². The van der Waals surface area contributed by atoms with E-state index in [1.807, 2.05) is 43.5 Å². The second kappa shape index (κ2) is 7.35. The fraction of sp³-hybridized carbons (Fsp3) is 0.318. The molecule has 0 saturated heterocycles. The second-order valence-electron chi connectivity index (χ2n) is 7.36. The molecule has 1 fully saturated rings. The first-order chi connectivity index (χ1) is 13.1. The van der Waals surface area contributed by atoms with E-state index < -0.39 is 0 Å². The monoisotopic (exact) mass is 361 g/mol. The molecule has 1 aromatic carbocycles. The minimum Gasteiger partial charge on any atom is -0.494 e. The van der Waals surface area contributed by atoms with E-state index in [0.717, 1.165) is 34.6 Å². The van der Waals surface area contributed by atoms with Gasteiger partial charge in [0.1, 0.15) is 5.82 Å². The summed E-state index contributed by atoms with van der Waals surface area (Å²) in [6, 6.07) is 10.0. The van der Waals surface area contributed by atoms with Crippen molar-refractivity contribution in [2.75, 3.05) is 0 Å². The predicted molar refractivity (Wildman–Crippen MR) is 105 cm³/mol. The number of aryl methyl sites for hydroxylation is 2. The van der Waals surface area contributed by atoms with Crippen LogP contribution in [0.2, 0.25) is 0 Å². The zero-order valence-corrected chi connectivity index (χ0v) is 15.4. The first kappa shape index (κ1) is 17.5. The van der Waals surface area contributed by atoms with Crippen LogP contribution in [0.1, 0.15) is 41.8 Å². The lowest BCUT2D eigenvalue weighted by atomic mass is 9.99. The minimum absolute atomic E-state index is 0.0603. The average molecular weight is 361 g/mol. The van der Waals surface area contributed by atoms with Crippen LogP contribution in [0.15, 0.2) is 47.5 Å². The highest BCUT2D eigenvalue weighted by molar-refractivity contribution is 5.66. The second-order valence-corrected chi connectivity index (χ2v) is 7.36. The van der Waals surface area contributed by atoms with Gasteiger partial charge in [0.15, 0.2) is 5.88 Å². The molecule has 0 spiro atoms. The third-order valence-corrected chi connectivity index (χ3v) is 5.20. The topological polar surface area (TPSA) is 78.9 Å². The molecular formula is C22H23N3O2. The van der Waals surface area contributed by atoms with Crippen LogP contribution in [0.5, 0.6) is 5.88 Å². The molecule has 1 aliphatic carbocycles. The lowest BCUT2D eigenvalue weighted by molar-refractivity contribution is 0.440. The van der Waals surface area contributed by atoms with Gasteiger partial charge in [-0.25, -0.2) is 0 Å². The summed E-state index contributed by atoms with van der Waals surface area (Å²) < 4.78 is 0. The minimum atomic E-state index is -0.342. The van der Waals surface area contributed by atoms with Crippen LogP contribution >= 0.6 is 0 Å². The lowest BCUT2D eigenvalue weighted by Gasteiger charge is -2.08. The van der Waals surface area contributed by atoms with Gasteiger partial charge in [-0.15, -0.1) is 0 Å². The van der Waals surface area contributed by atoms with Crippen molar-refractivity contribution in [2.24, 2.45) is 5.92 Å². The van der Waals surface area contributed by atoms with Crippen molar-refractivity contribution < 1.29 is 5.11 Å². The molecule has 0 atom stereocenters. The maximum atomic E-state index is 12.4. The predicted octanol–water partition coefficient (Wildman–Crippen LogP) is 3.78. The number of pyridine rings is 1. The molecule has 3 aromatic rings. The Balaban J connectivity index is 1.51. The molecule has 0 aliphatic heterocycles. The van der Waals surface area contributed by atoms with Gasteiger partial charge in [-0.1, -0.05) is 37.1 Å². The Morgan fingerprint density at radius 1 is 1.19 bits per heavy atom. The van der Waals surface area contributed by atoms with Crippen molar-refractivity contribution >= 4 is 0 Å². The maximum Gasteiger partial charge on any atom is 0.280 e. The van der Waals surface area contributed by atoms with Crippen LogP contribution in [0, 0.1) is 12.8 Å². The first-order valence-electron chi connectivity index (χ1n) is 9.41. The van der Waals surface area contributed by atoms with Crippen LogP contribution in [-0.4, -0.2) is 20.1 Å². The van der Waals surface area contributed by atoms with Crippen molar-refractivity contribution in [1.29, 1.82) is 0 Å². The summed E-state index contributed by atoms with van der Waals surface area (Å²) in [4.78, 5) is 23.5. The molecule has 27 heavy (non-hydrogen) atoms. The van der Waals surface area contributed by atoms with E-state index in [-0.39, 0.29) is 11.4 Å². The Kier molecular flexibility index (Phi) is 4.75. The van der Waals surface area contributed by atoms with Crippen LogP contribution in [0.3, 0.4) is 0 Å². The molecule has 2 aromatic heterocycles.